The fourth-order valence-corrected chi connectivity index (χ4v) is 4.68. The number of benzene rings is 2. The van der Waals surface area contributed by atoms with Gasteiger partial charge in [-0.1, -0.05) is 40.2 Å². The summed E-state index contributed by atoms with van der Waals surface area (Å²) in [6, 6.07) is 17.3. The number of halogens is 1. The monoisotopic (exact) mass is 387 g/mol. The number of para-hydroxylation sites is 1. The highest BCUT2D eigenvalue weighted by Crippen LogP contribution is 2.35. The Kier molecular flexibility index (Phi) is 4.44. The normalized spacial score (nSPS) is 17.4. The molecule has 0 spiro atoms. The van der Waals surface area contributed by atoms with Crippen molar-refractivity contribution in [3.63, 3.8) is 0 Å². The van der Waals surface area contributed by atoms with Gasteiger partial charge in [0.25, 0.3) is 0 Å². The first-order valence-electron chi connectivity index (χ1n) is 7.87. The molecule has 1 aromatic heterocycles. The van der Waals surface area contributed by atoms with Gasteiger partial charge in [0.15, 0.2) is 0 Å². The molecule has 1 fully saturated rings. The van der Waals surface area contributed by atoms with E-state index in [0.717, 1.165) is 36.2 Å². The van der Waals surface area contributed by atoms with E-state index in [1.165, 1.54) is 15.3 Å². The molecular weight excluding hydrogens is 370 g/mol. The summed E-state index contributed by atoms with van der Waals surface area (Å²) in [5, 5.41) is 4.63. The predicted molar refractivity (Wildman–Crippen MR) is 100 cm³/mol. The maximum atomic E-state index is 4.94. The zero-order valence-corrected chi connectivity index (χ0v) is 15.1. The summed E-state index contributed by atoms with van der Waals surface area (Å²) in [6.45, 7) is 4.17. The molecule has 3 aromatic rings. The number of hydrogen-bond donors (Lipinski definition) is 1. The van der Waals surface area contributed by atoms with Crippen LogP contribution >= 0.6 is 27.3 Å². The Morgan fingerprint density at radius 2 is 1.91 bits per heavy atom. The number of aromatic nitrogens is 1. The average molecular weight is 388 g/mol. The number of nitrogens with one attached hydrogen (secondary N) is 1. The van der Waals surface area contributed by atoms with Crippen LogP contribution in [0.5, 0.6) is 0 Å². The number of nitrogens with zero attached hydrogens (tertiary/aromatic N) is 2. The van der Waals surface area contributed by atoms with E-state index >= 15 is 0 Å². The maximum Gasteiger partial charge on any atom is 0.116 e. The predicted octanol–water partition coefficient (Wildman–Crippen LogP) is 4.05. The molecule has 2 aromatic carbocycles. The number of hydrogen-bond acceptors (Lipinski definition) is 4. The molecule has 0 bridgehead atoms. The highest BCUT2D eigenvalue weighted by molar-refractivity contribution is 9.10. The van der Waals surface area contributed by atoms with E-state index in [4.69, 9.17) is 4.98 Å². The van der Waals surface area contributed by atoms with Gasteiger partial charge in [-0.3, -0.25) is 4.90 Å². The van der Waals surface area contributed by atoms with E-state index in [0.29, 0.717) is 0 Å². The summed E-state index contributed by atoms with van der Waals surface area (Å²) in [7, 11) is 0. The molecule has 2 heterocycles. The fourth-order valence-electron chi connectivity index (χ4n) is 3.13. The third kappa shape index (κ3) is 3.19. The summed E-state index contributed by atoms with van der Waals surface area (Å²) in [5.74, 6) is 0. The van der Waals surface area contributed by atoms with Crippen molar-refractivity contribution in [2.45, 2.75) is 6.04 Å². The lowest BCUT2D eigenvalue weighted by molar-refractivity contribution is 0.198. The van der Waals surface area contributed by atoms with Crippen LogP contribution < -0.4 is 5.32 Å². The van der Waals surface area contributed by atoms with E-state index in [1.807, 2.05) is 11.3 Å². The molecule has 5 heteroatoms. The van der Waals surface area contributed by atoms with Crippen LogP contribution in [0.3, 0.4) is 0 Å². The first-order chi connectivity index (χ1) is 11.3. The molecule has 0 aliphatic carbocycles. The van der Waals surface area contributed by atoms with Gasteiger partial charge >= 0.3 is 0 Å². The van der Waals surface area contributed by atoms with Crippen LogP contribution in [0, 0.1) is 0 Å². The van der Waals surface area contributed by atoms with Crippen molar-refractivity contribution >= 4 is 37.5 Å². The van der Waals surface area contributed by atoms with E-state index in [9.17, 15) is 0 Å². The Hall–Kier alpha value is -1.27. The van der Waals surface area contributed by atoms with Gasteiger partial charge in [-0.15, -0.1) is 11.3 Å². The number of fused-ring (bicyclic) bond motifs is 1. The lowest BCUT2D eigenvalue weighted by Gasteiger charge is -2.34. The summed E-state index contributed by atoms with van der Waals surface area (Å²) in [4.78, 5) is 7.47. The van der Waals surface area contributed by atoms with Crippen LogP contribution in [-0.2, 0) is 0 Å². The van der Waals surface area contributed by atoms with Gasteiger partial charge in [0.2, 0.25) is 0 Å². The van der Waals surface area contributed by atoms with Gasteiger partial charge in [0, 0.05) is 30.7 Å². The topological polar surface area (TPSA) is 28.2 Å². The Labute approximate surface area is 148 Å². The van der Waals surface area contributed by atoms with Crippen molar-refractivity contribution in [3.05, 3.63) is 63.6 Å². The van der Waals surface area contributed by atoms with Crippen LogP contribution in [0.1, 0.15) is 16.6 Å². The number of thiazole rings is 1. The van der Waals surface area contributed by atoms with Crippen LogP contribution in [0.2, 0.25) is 0 Å². The van der Waals surface area contributed by atoms with Gasteiger partial charge in [0.05, 0.1) is 16.3 Å². The minimum Gasteiger partial charge on any atom is -0.314 e. The molecule has 1 aliphatic rings. The van der Waals surface area contributed by atoms with E-state index in [2.05, 4.69) is 74.7 Å². The highest BCUT2D eigenvalue weighted by Gasteiger charge is 2.26. The maximum absolute atomic E-state index is 4.94. The molecule has 1 unspecified atom stereocenters. The van der Waals surface area contributed by atoms with Crippen molar-refractivity contribution in [1.82, 2.24) is 15.2 Å². The second kappa shape index (κ2) is 6.69. The standard InChI is InChI=1S/C18H18BrN3S/c19-14-5-3-4-13(12-14)17(22-10-8-20-9-11-22)18-21-15-6-1-2-7-16(15)23-18/h1-7,12,17,20H,8-11H2. The molecule has 118 valence electrons. The van der Waals surface area contributed by atoms with Crippen LogP contribution in [0.4, 0.5) is 0 Å². The minimum atomic E-state index is 0.229. The van der Waals surface area contributed by atoms with Gasteiger partial charge < -0.3 is 5.32 Å². The quantitative estimate of drug-likeness (QED) is 0.734. The molecule has 3 nitrogen and oxygen atoms in total. The summed E-state index contributed by atoms with van der Waals surface area (Å²) >= 11 is 5.43. The highest BCUT2D eigenvalue weighted by atomic mass is 79.9. The molecule has 1 N–H and O–H groups in total. The first kappa shape index (κ1) is 15.3. The van der Waals surface area contributed by atoms with E-state index in [1.54, 1.807) is 0 Å². The summed E-state index contributed by atoms with van der Waals surface area (Å²) < 4.78 is 2.38. The van der Waals surface area contributed by atoms with Crippen molar-refractivity contribution in [3.8, 4) is 0 Å². The Balaban J connectivity index is 1.80. The fraction of sp³-hybridized carbons (Fsp3) is 0.278. The van der Waals surface area contributed by atoms with Crippen LogP contribution in [-0.4, -0.2) is 36.1 Å². The molecular formula is C18H18BrN3S. The minimum absolute atomic E-state index is 0.229. The first-order valence-corrected chi connectivity index (χ1v) is 9.48. The van der Waals surface area contributed by atoms with Gasteiger partial charge in [-0.2, -0.15) is 0 Å². The third-order valence-corrected chi connectivity index (χ3v) is 5.81. The molecule has 1 atom stereocenters. The molecule has 0 saturated carbocycles. The van der Waals surface area contributed by atoms with E-state index in [-0.39, 0.29) is 6.04 Å². The van der Waals surface area contributed by atoms with Crippen molar-refractivity contribution in [2.75, 3.05) is 26.2 Å². The second-order valence-electron chi connectivity index (χ2n) is 5.76. The zero-order chi connectivity index (χ0) is 15.6. The third-order valence-electron chi connectivity index (χ3n) is 4.23. The van der Waals surface area contributed by atoms with Crippen LogP contribution in [0.25, 0.3) is 10.2 Å². The number of piperazine rings is 1. The van der Waals surface area contributed by atoms with Gasteiger partial charge in [0.1, 0.15) is 5.01 Å². The number of rotatable bonds is 3. The van der Waals surface area contributed by atoms with Crippen molar-refractivity contribution in [1.29, 1.82) is 0 Å². The van der Waals surface area contributed by atoms with Crippen LogP contribution in [0.15, 0.2) is 53.0 Å². The summed E-state index contributed by atoms with van der Waals surface area (Å²) in [6.07, 6.45) is 0. The molecule has 1 saturated heterocycles. The van der Waals surface area contributed by atoms with Gasteiger partial charge in [-0.25, -0.2) is 4.98 Å². The molecule has 1 aliphatic heterocycles. The second-order valence-corrected chi connectivity index (χ2v) is 7.74. The average Bonchev–Trinajstić information content (AvgIpc) is 2.99. The van der Waals surface area contributed by atoms with Gasteiger partial charge in [-0.05, 0) is 29.8 Å². The Morgan fingerprint density at radius 1 is 1.09 bits per heavy atom. The molecule has 23 heavy (non-hydrogen) atoms. The Morgan fingerprint density at radius 3 is 2.70 bits per heavy atom. The molecule has 0 radical (unpaired) electrons. The van der Waals surface area contributed by atoms with Crippen molar-refractivity contribution in [2.24, 2.45) is 0 Å². The van der Waals surface area contributed by atoms with E-state index < -0.39 is 0 Å². The lowest BCUT2D eigenvalue weighted by Crippen LogP contribution is -2.45. The smallest absolute Gasteiger partial charge is 0.116 e. The Bertz CT molecular complexity index is 778. The van der Waals surface area contributed by atoms with Crippen molar-refractivity contribution < 1.29 is 0 Å². The lowest BCUT2D eigenvalue weighted by atomic mass is 10.1. The SMILES string of the molecule is Brc1cccc(C(c2nc3ccccc3s2)N2CCNCC2)c1. The molecule has 0 amide bonds. The zero-order valence-electron chi connectivity index (χ0n) is 12.7. The largest absolute Gasteiger partial charge is 0.314 e. The summed E-state index contributed by atoms with van der Waals surface area (Å²) in [5.41, 5.74) is 2.41. The molecule has 4 rings (SSSR count).